The SMILES string of the molecule is CCCCC/C=C/CC/C=C/CC/C=C/C(O)C(COC1OC(CO)C(O)C(OS(=O)(=O)O)C1O)NC(=O)C(O)CCCCCCCC/C=C\CCCCCCCC. The van der Waals surface area contributed by atoms with Crippen molar-refractivity contribution in [3.8, 4) is 0 Å². The van der Waals surface area contributed by atoms with Crippen LogP contribution in [0.25, 0.3) is 0 Å². The number of carbonyl (C=O) groups is 1. The number of aliphatic hydroxyl groups excluding tert-OH is 5. The van der Waals surface area contributed by atoms with Crippen LogP contribution in [0.1, 0.15) is 162 Å². The third kappa shape index (κ3) is 27.0. The van der Waals surface area contributed by atoms with Crippen molar-refractivity contribution in [3.63, 3.8) is 0 Å². The molecule has 1 rings (SSSR count). The van der Waals surface area contributed by atoms with E-state index in [1.165, 1.54) is 63.9 Å². The van der Waals surface area contributed by atoms with Crippen molar-refractivity contribution >= 4 is 16.3 Å². The van der Waals surface area contributed by atoms with E-state index in [2.05, 4.69) is 59.8 Å². The van der Waals surface area contributed by atoms with Crippen molar-refractivity contribution in [2.75, 3.05) is 13.2 Å². The maximum absolute atomic E-state index is 13.1. The lowest BCUT2D eigenvalue weighted by Crippen LogP contribution is -2.61. The monoisotopic (exact) mass is 846 g/mol. The van der Waals surface area contributed by atoms with E-state index in [0.717, 1.165) is 70.6 Å². The van der Waals surface area contributed by atoms with Crippen LogP contribution in [-0.4, -0.2) is 107 Å². The van der Waals surface area contributed by atoms with Gasteiger partial charge in [-0.2, -0.15) is 8.42 Å². The fourth-order valence-electron chi connectivity index (χ4n) is 6.60. The zero-order valence-corrected chi connectivity index (χ0v) is 36.3. The number of aliphatic hydroxyl groups is 5. The Balaban J connectivity index is 2.65. The molecule has 1 amide bonds. The summed E-state index contributed by atoms with van der Waals surface area (Å²) in [5.74, 6) is -0.725. The highest BCUT2D eigenvalue weighted by atomic mass is 32.3. The largest absolute Gasteiger partial charge is 0.397 e. The van der Waals surface area contributed by atoms with Crippen LogP contribution in [0.5, 0.6) is 0 Å². The fourth-order valence-corrected chi connectivity index (χ4v) is 7.11. The van der Waals surface area contributed by atoms with Crippen LogP contribution in [0, 0.1) is 0 Å². The molecular formula is C44H79NO12S. The van der Waals surface area contributed by atoms with Crippen LogP contribution in [0.15, 0.2) is 48.6 Å². The molecule has 0 radical (unpaired) electrons. The predicted molar refractivity (Wildman–Crippen MR) is 228 cm³/mol. The average Bonchev–Trinajstić information content (AvgIpc) is 3.19. The standard InChI is InChI=1S/C44H79NO12S/c1-3-5-7-9-11-13-15-17-18-19-21-23-25-27-29-31-33-38(48)43(51)45-36(37(47)32-30-28-26-24-22-20-16-14-12-10-8-6-4-2)35-55-44-41(50)42(57-58(52,53)54)40(49)39(34-46)56-44/h12,14,17-18,22,24,30,32,36-42,44,46-50H,3-11,13,15-16,19-21,23,25-29,31,33-35H2,1-2H3,(H,45,51)(H,52,53,54)/b14-12+,18-17-,24-22+,32-30+. The molecule has 0 aromatic rings. The lowest BCUT2D eigenvalue weighted by Gasteiger charge is -2.41. The van der Waals surface area contributed by atoms with E-state index in [-0.39, 0.29) is 6.42 Å². The highest BCUT2D eigenvalue weighted by Gasteiger charge is 2.48. The van der Waals surface area contributed by atoms with Crippen molar-refractivity contribution in [2.24, 2.45) is 0 Å². The summed E-state index contributed by atoms with van der Waals surface area (Å²) >= 11 is 0. The van der Waals surface area contributed by atoms with Gasteiger partial charge in [0.25, 0.3) is 0 Å². The summed E-state index contributed by atoms with van der Waals surface area (Å²) in [7, 11) is -5.12. The van der Waals surface area contributed by atoms with Crippen LogP contribution in [0.2, 0.25) is 0 Å². The Kier molecular flexibility index (Phi) is 32.3. The van der Waals surface area contributed by atoms with E-state index in [1.54, 1.807) is 6.08 Å². The number of nitrogens with one attached hydrogen (secondary N) is 1. The van der Waals surface area contributed by atoms with E-state index >= 15 is 0 Å². The van der Waals surface area contributed by atoms with Gasteiger partial charge >= 0.3 is 10.4 Å². The summed E-state index contributed by atoms with van der Waals surface area (Å²) in [6, 6.07) is -1.14. The zero-order valence-electron chi connectivity index (χ0n) is 35.5. The molecular weight excluding hydrogens is 767 g/mol. The van der Waals surface area contributed by atoms with Gasteiger partial charge in [-0.15, -0.1) is 0 Å². The topological polar surface area (TPSA) is 212 Å². The minimum absolute atomic E-state index is 0.225. The van der Waals surface area contributed by atoms with Crippen molar-refractivity contribution < 1.29 is 57.0 Å². The second kappa shape index (κ2) is 34.7. The third-order valence-corrected chi connectivity index (χ3v) is 10.6. The first-order valence-electron chi connectivity index (χ1n) is 22.1. The Morgan fingerprint density at radius 3 is 1.69 bits per heavy atom. The normalized spacial score (nSPS) is 22.1. The van der Waals surface area contributed by atoms with E-state index in [1.807, 2.05) is 0 Å². The molecule has 1 heterocycles. The number of allylic oxidation sites excluding steroid dienone is 7. The summed E-state index contributed by atoms with van der Waals surface area (Å²) in [6.07, 6.45) is 29.1. The molecule has 1 saturated heterocycles. The van der Waals surface area contributed by atoms with Crippen LogP contribution in [0.3, 0.4) is 0 Å². The second-order valence-corrected chi connectivity index (χ2v) is 16.4. The lowest BCUT2D eigenvalue weighted by molar-refractivity contribution is -0.298. The second-order valence-electron chi connectivity index (χ2n) is 15.4. The number of carbonyl (C=O) groups excluding carboxylic acids is 1. The molecule has 8 atom stereocenters. The quantitative estimate of drug-likeness (QED) is 0.0192. The summed E-state index contributed by atoms with van der Waals surface area (Å²) in [5, 5.41) is 55.0. The van der Waals surface area contributed by atoms with Gasteiger partial charge in [0, 0.05) is 0 Å². The van der Waals surface area contributed by atoms with Crippen LogP contribution >= 0.6 is 0 Å². The molecule has 0 aliphatic carbocycles. The molecule has 13 nitrogen and oxygen atoms in total. The number of ether oxygens (including phenoxy) is 2. The molecule has 1 fully saturated rings. The summed E-state index contributed by atoms with van der Waals surface area (Å²) < 4.78 is 47.4. The van der Waals surface area contributed by atoms with Crippen LogP contribution in [0.4, 0.5) is 0 Å². The van der Waals surface area contributed by atoms with E-state index in [0.29, 0.717) is 12.8 Å². The first-order valence-corrected chi connectivity index (χ1v) is 23.5. The first kappa shape index (κ1) is 54.0. The number of hydrogen-bond acceptors (Lipinski definition) is 11. The zero-order chi connectivity index (χ0) is 42.9. The third-order valence-electron chi connectivity index (χ3n) is 10.2. The van der Waals surface area contributed by atoms with E-state index < -0.39 is 78.5 Å². The summed E-state index contributed by atoms with van der Waals surface area (Å²) in [5.41, 5.74) is 0. The van der Waals surface area contributed by atoms with Crippen LogP contribution < -0.4 is 5.32 Å². The van der Waals surface area contributed by atoms with Crippen molar-refractivity contribution in [1.82, 2.24) is 5.32 Å². The Bertz CT molecular complexity index is 1240. The molecule has 7 N–H and O–H groups in total. The van der Waals surface area contributed by atoms with Gasteiger partial charge in [-0.05, 0) is 70.6 Å². The maximum atomic E-state index is 13.1. The Morgan fingerprint density at radius 1 is 0.690 bits per heavy atom. The average molecular weight is 846 g/mol. The molecule has 0 aromatic carbocycles. The van der Waals surface area contributed by atoms with Gasteiger partial charge in [0.15, 0.2) is 6.29 Å². The first-order chi connectivity index (χ1) is 27.9. The molecule has 0 saturated carbocycles. The molecule has 1 aliphatic heterocycles. The fraction of sp³-hybridized carbons (Fsp3) is 0.795. The van der Waals surface area contributed by atoms with Gasteiger partial charge in [-0.25, -0.2) is 4.18 Å². The molecule has 8 unspecified atom stereocenters. The molecule has 0 bridgehead atoms. The Morgan fingerprint density at radius 2 is 1.16 bits per heavy atom. The van der Waals surface area contributed by atoms with Crippen molar-refractivity contribution in [2.45, 2.75) is 210 Å². The molecule has 14 heteroatoms. The van der Waals surface area contributed by atoms with Gasteiger partial charge in [0.1, 0.15) is 30.5 Å². The number of rotatable bonds is 36. The maximum Gasteiger partial charge on any atom is 0.397 e. The van der Waals surface area contributed by atoms with Gasteiger partial charge in [-0.3, -0.25) is 9.35 Å². The highest BCUT2D eigenvalue weighted by molar-refractivity contribution is 7.80. The molecule has 0 aromatic heterocycles. The van der Waals surface area contributed by atoms with Crippen LogP contribution in [-0.2, 0) is 28.9 Å². The van der Waals surface area contributed by atoms with E-state index in [4.69, 9.17) is 14.0 Å². The molecule has 58 heavy (non-hydrogen) atoms. The van der Waals surface area contributed by atoms with Gasteiger partial charge in [0.2, 0.25) is 5.91 Å². The van der Waals surface area contributed by atoms with Crippen molar-refractivity contribution in [3.05, 3.63) is 48.6 Å². The lowest BCUT2D eigenvalue weighted by atomic mass is 9.99. The summed E-state index contributed by atoms with van der Waals surface area (Å²) in [6.45, 7) is 3.13. The number of unbranched alkanes of at least 4 members (excludes halogenated alkanes) is 17. The predicted octanol–water partition coefficient (Wildman–Crippen LogP) is 7.07. The highest BCUT2D eigenvalue weighted by Crippen LogP contribution is 2.26. The van der Waals surface area contributed by atoms with E-state index in [9.17, 15) is 38.7 Å². The van der Waals surface area contributed by atoms with Gasteiger partial charge in [-0.1, -0.05) is 140 Å². The van der Waals surface area contributed by atoms with Crippen molar-refractivity contribution in [1.29, 1.82) is 0 Å². The molecule has 338 valence electrons. The van der Waals surface area contributed by atoms with Gasteiger partial charge in [0.05, 0.1) is 25.4 Å². The molecule has 1 aliphatic rings. The summed E-state index contributed by atoms with van der Waals surface area (Å²) in [4.78, 5) is 13.1. The Labute approximate surface area is 350 Å². The molecule has 0 spiro atoms. The minimum atomic E-state index is -5.12. The smallest absolute Gasteiger partial charge is 0.394 e. The Hall–Kier alpha value is -1.98. The number of amides is 1. The number of hydrogen-bond donors (Lipinski definition) is 7. The van der Waals surface area contributed by atoms with Gasteiger partial charge < -0.3 is 40.3 Å². The minimum Gasteiger partial charge on any atom is -0.394 e.